The highest BCUT2D eigenvalue weighted by Crippen LogP contribution is 2.26. The van der Waals surface area contributed by atoms with Gasteiger partial charge < -0.3 is 4.74 Å². The third kappa shape index (κ3) is 2.97. The van der Waals surface area contributed by atoms with Crippen molar-refractivity contribution >= 4 is 11.0 Å². The summed E-state index contributed by atoms with van der Waals surface area (Å²) in [6.07, 6.45) is 5.29. The van der Waals surface area contributed by atoms with Gasteiger partial charge in [0.05, 0.1) is 12.7 Å². The Bertz CT molecular complexity index is 1160. The number of ether oxygens (including phenoxy) is 1. The molecule has 0 saturated carbocycles. The quantitative estimate of drug-likeness (QED) is 0.540. The van der Waals surface area contributed by atoms with Crippen LogP contribution in [0.1, 0.15) is 6.92 Å². The lowest BCUT2D eigenvalue weighted by Gasteiger charge is -2.09. The van der Waals surface area contributed by atoms with Crippen molar-refractivity contribution in [1.82, 2.24) is 29.3 Å². The number of hydrogen-bond acceptors (Lipinski definition) is 5. The number of benzene rings is 1. The Kier molecular flexibility index (Phi) is 4.19. The van der Waals surface area contributed by atoms with Gasteiger partial charge in [0.2, 0.25) is 6.86 Å². The number of halogens is 1. The van der Waals surface area contributed by atoms with Crippen molar-refractivity contribution in [2.45, 2.75) is 13.5 Å². The number of fused-ring (bicyclic) bond motifs is 1. The van der Waals surface area contributed by atoms with Crippen molar-refractivity contribution in [1.29, 1.82) is 0 Å². The lowest BCUT2D eigenvalue weighted by atomic mass is 10.1. The summed E-state index contributed by atoms with van der Waals surface area (Å²) in [6.45, 7) is 1.55. The topological polar surface area (TPSA) is 79.8 Å². The van der Waals surface area contributed by atoms with Crippen LogP contribution in [0.3, 0.4) is 0 Å². The first kappa shape index (κ1) is 17.0. The molecular weight excluding hydrogens is 351 g/mol. The molecule has 0 unspecified atom stereocenters. The highest BCUT2D eigenvalue weighted by molar-refractivity contribution is 5.90. The van der Waals surface area contributed by atoms with Gasteiger partial charge in [0.15, 0.2) is 5.52 Å². The van der Waals surface area contributed by atoms with Gasteiger partial charge in [-0.25, -0.2) is 4.39 Å². The summed E-state index contributed by atoms with van der Waals surface area (Å²) in [4.78, 5) is 14.5. The Labute approximate surface area is 153 Å². The summed E-state index contributed by atoms with van der Waals surface area (Å²) in [7, 11) is 1.82. The van der Waals surface area contributed by atoms with Crippen LogP contribution in [0, 0.1) is 0 Å². The molecule has 0 aliphatic rings. The fraction of sp³-hybridized carbons (Fsp3) is 0.222. The Hall–Kier alpha value is -3.49. The van der Waals surface area contributed by atoms with Crippen LogP contribution in [0.5, 0.6) is 5.75 Å². The van der Waals surface area contributed by atoms with Gasteiger partial charge in [-0.15, -0.1) is 5.10 Å². The molecule has 9 heteroatoms. The second-order valence-electron chi connectivity index (χ2n) is 5.95. The SMILES string of the molecule is CCn1nc2c(-c3cnn(C)c3)cn(-c3ccc(OCF)cc3)c(=O)c2n1. The molecule has 1 aromatic carbocycles. The number of aryl methyl sites for hydroxylation is 2. The molecule has 0 spiro atoms. The monoisotopic (exact) mass is 368 g/mol. The molecule has 4 rings (SSSR count). The van der Waals surface area contributed by atoms with E-state index in [2.05, 4.69) is 15.3 Å². The third-order valence-corrected chi connectivity index (χ3v) is 4.22. The fourth-order valence-electron chi connectivity index (χ4n) is 2.91. The molecule has 0 aliphatic carbocycles. The second-order valence-corrected chi connectivity index (χ2v) is 5.95. The van der Waals surface area contributed by atoms with E-state index in [4.69, 9.17) is 4.74 Å². The van der Waals surface area contributed by atoms with E-state index < -0.39 is 6.86 Å². The summed E-state index contributed by atoms with van der Waals surface area (Å²) in [5.41, 5.74) is 2.73. The minimum Gasteiger partial charge on any atom is -0.463 e. The molecule has 138 valence electrons. The lowest BCUT2D eigenvalue weighted by molar-refractivity contribution is 0.192. The maximum atomic E-state index is 13.0. The molecule has 0 atom stereocenters. The van der Waals surface area contributed by atoms with Crippen LogP contribution < -0.4 is 10.3 Å². The van der Waals surface area contributed by atoms with Gasteiger partial charge in [0.25, 0.3) is 5.56 Å². The number of hydrogen-bond donors (Lipinski definition) is 0. The number of aromatic nitrogens is 6. The van der Waals surface area contributed by atoms with Crippen LogP contribution in [0.2, 0.25) is 0 Å². The van der Waals surface area contributed by atoms with E-state index in [1.54, 1.807) is 41.3 Å². The molecule has 0 radical (unpaired) electrons. The maximum Gasteiger partial charge on any atom is 0.285 e. The average Bonchev–Trinajstić information content (AvgIpc) is 3.30. The molecular formula is C18H17FN6O2. The molecule has 0 N–H and O–H groups in total. The number of pyridine rings is 1. The van der Waals surface area contributed by atoms with Gasteiger partial charge in [-0.3, -0.25) is 14.0 Å². The lowest BCUT2D eigenvalue weighted by Crippen LogP contribution is -2.18. The first-order valence-corrected chi connectivity index (χ1v) is 8.39. The van der Waals surface area contributed by atoms with E-state index in [-0.39, 0.29) is 11.1 Å². The minimum absolute atomic E-state index is 0.280. The van der Waals surface area contributed by atoms with Gasteiger partial charge in [-0.2, -0.15) is 15.0 Å². The van der Waals surface area contributed by atoms with Crippen LogP contribution in [0.25, 0.3) is 27.8 Å². The second kappa shape index (κ2) is 6.67. The van der Waals surface area contributed by atoms with Gasteiger partial charge >= 0.3 is 0 Å². The predicted molar refractivity (Wildman–Crippen MR) is 97.6 cm³/mol. The molecule has 3 aromatic heterocycles. The average molecular weight is 368 g/mol. The van der Waals surface area contributed by atoms with Crippen LogP contribution in [-0.2, 0) is 13.6 Å². The molecule has 0 saturated heterocycles. The molecule has 0 fully saturated rings. The van der Waals surface area contributed by atoms with E-state index >= 15 is 0 Å². The van der Waals surface area contributed by atoms with Crippen LogP contribution in [0.4, 0.5) is 4.39 Å². The molecule has 3 heterocycles. The van der Waals surface area contributed by atoms with Crippen molar-refractivity contribution in [3.8, 4) is 22.6 Å². The Morgan fingerprint density at radius 3 is 2.48 bits per heavy atom. The first-order chi connectivity index (χ1) is 13.1. The summed E-state index contributed by atoms with van der Waals surface area (Å²) in [5.74, 6) is 0.389. The normalized spacial score (nSPS) is 11.2. The summed E-state index contributed by atoms with van der Waals surface area (Å²) in [5, 5.41) is 13.0. The van der Waals surface area contributed by atoms with E-state index in [1.165, 1.54) is 9.36 Å². The molecule has 4 aromatic rings. The maximum absolute atomic E-state index is 13.0. The Morgan fingerprint density at radius 2 is 1.85 bits per heavy atom. The van der Waals surface area contributed by atoms with Gasteiger partial charge in [-0.1, -0.05) is 0 Å². The summed E-state index contributed by atoms with van der Waals surface area (Å²) in [6, 6.07) is 6.60. The van der Waals surface area contributed by atoms with Crippen molar-refractivity contribution < 1.29 is 9.13 Å². The Balaban J connectivity index is 1.95. The van der Waals surface area contributed by atoms with Crippen molar-refractivity contribution in [3.05, 3.63) is 53.2 Å². The first-order valence-electron chi connectivity index (χ1n) is 8.39. The van der Waals surface area contributed by atoms with Gasteiger partial charge in [0, 0.05) is 36.3 Å². The van der Waals surface area contributed by atoms with E-state index in [9.17, 15) is 9.18 Å². The Morgan fingerprint density at radius 1 is 1.11 bits per heavy atom. The van der Waals surface area contributed by atoms with Gasteiger partial charge in [-0.05, 0) is 31.2 Å². The fourth-order valence-corrected chi connectivity index (χ4v) is 2.91. The zero-order valence-electron chi connectivity index (χ0n) is 14.8. The molecule has 0 amide bonds. The minimum atomic E-state index is -0.906. The highest BCUT2D eigenvalue weighted by Gasteiger charge is 2.17. The molecule has 27 heavy (non-hydrogen) atoms. The largest absolute Gasteiger partial charge is 0.463 e. The third-order valence-electron chi connectivity index (χ3n) is 4.22. The van der Waals surface area contributed by atoms with Gasteiger partial charge in [0.1, 0.15) is 11.3 Å². The molecule has 0 bridgehead atoms. The van der Waals surface area contributed by atoms with E-state index in [0.717, 1.165) is 11.1 Å². The number of rotatable bonds is 5. The summed E-state index contributed by atoms with van der Waals surface area (Å²) >= 11 is 0. The van der Waals surface area contributed by atoms with Crippen LogP contribution in [0.15, 0.2) is 47.7 Å². The van der Waals surface area contributed by atoms with Crippen LogP contribution >= 0.6 is 0 Å². The van der Waals surface area contributed by atoms with E-state index in [0.29, 0.717) is 23.5 Å². The number of alkyl halides is 1. The van der Waals surface area contributed by atoms with Crippen LogP contribution in [-0.4, -0.2) is 36.2 Å². The predicted octanol–water partition coefficient (Wildman–Crippen LogP) is 2.31. The summed E-state index contributed by atoms with van der Waals surface area (Å²) < 4.78 is 20.3. The highest BCUT2D eigenvalue weighted by atomic mass is 19.1. The zero-order chi connectivity index (χ0) is 19.0. The van der Waals surface area contributed by atoms with Crippen molar-refractivity contribution in [3.63, 3.8) is 0 Å². The van der Waals surface area contributed by atoms with E-state index in [1.807, 2.05) is 20.2 Å². The molecule has 8 nitrogen and oxygen atoms in total. The van der Waals surface area contributed by atoms with Crippen molar-refractivity contribution in [2.24, 2.45) is 7.05 Å². The smallest absolute Gasteiger partial charge is 0.285 e. The standard InChI is InChI=1S/C18H17FN6O2/c1-3-25-21-16-15(12-8-20-23(2)9-12)10-24(18(26)17(16)22-25)13-4-6-14(7-5-13)27-11-19/h4-10H,3,11H2,1-2H3. The number of nitrogens with zero attached hydrogens (tertiary/aromatic N) is 6. The van der Waals surface area contributed by atoms with Crippen molar-refractivity contribution in [2.75, 3.05) is 6.86 Å². The zero-order valence-corrected chi connectivity index (χ0v) is 14.8. The molecule has 0 aliphatic heterocycles.